The van der Waals surface area contributed by atoms with E-state index in [1.807, 2.05) is 0 Å². The molecule has 0 bridgehead atoms. The Hall–Kier alpha value is -1.92. The number of carbonyl (C=O) groups is 1. The molecule has 27 heavy (non-hydrogen) atoms. The van der Waals surface area contributed by atoms with Crippen LogP contribution in [-0.4, -0.2) is 25.0 Å². The maximum Gasteiger partial charge on any atom is 0.416 e. The smallest absolute Gasteiger partial charge is 0.365 e. The van der Waals surface area contributed by atoms with Gasteiger partial charge in [-0.25, -0.2) is 0 Å². The molecule has 2 aliphatic rings. The van der Waals surface area contributed by atoms with Crippen LogP contribution in [0.3, 0.4) is 0 Å². The summed E-state index contributed by atoms with van der Waals surface area (Å²) in [6.45, 7) is 1.10. The molecule has 0 N–H and O–H groups in total. The van der Waals surface area contributed by atoms with Gasteiger partial charge in [-0.05, 0) is 49.2 Å². The molecule has 0 unspecified atom stereocenters. The quantitative estimate of drug-likeness (QED) is 0.602. The number of fused-ring (bicyclic) bond motifs is 3. The number of amides is 1. The zero-order valence-electron chi connectivity index (χ0n) is 14.1. The highest BCUT2D eigenvalue weighted by Crippen LogP contribution is 2.43. The molecule has 1 atom stereocenters. The predicted octanol–water partition coefficient (Wildman–Crippen LogP) is 5.64. The summed E-state index contributed by atoms with van der Waals surface area (Å²) in [5, 5.41) is 0.562. The average Bonchev–Trinajstić information content (AvgIpc) is 3.08. The summed E-state index contributed by atoms with van der Waals surface area (Å²) in [7, 11) is 0. The van der Waals surface area contributed by atoms with Crippen molar-refractivity contribution in [1.29, 1.82) is 0 Å². The first-order chi connectivity index (χ1) is 12.8. The highest BCUT2D eigenvalue weighted by Gasteiger charge is 2.39. The number of benzene rings is 2. The number of nitrogens with zero attached hydrogens (tertiary/aromatic N) is 2. The lowest BCUT2D eigenvalue weighted by Gasteiger charge is -2.40. The lowest BCUT2D eigenvalue weighted by molar-refractivity contribution is -0.137. The molecule has 4 rings (SSSR count). The Balaban J connectivity index is 1.81. The van der Waals surface area contributed by atoms with Gasteiger partial charge in [-0.2, -0.15) is 13.2 Å². The Morgan fingerprint density at radius 3 is 2.56 bits per heavy atom. The molecule has 1 saturated heterocycles. The van der Waals surface area contributed by atoms with E-state index in [0.29, 0.717) is 17.3 Å². The van der Waals surface area contributed by atoms with E-state index in [1.54, 1.807) is 6.07 Å². The summed E-state index contributed by atoms with van der Waals surface area (Å²) in [6.07, 6.45) is -2.66. The molecule has 0 radical (unpaired) electrons. The topological polar surface area (TPSA) is 23.6 Å². The Bertz CT molecular complexity index is 916. The number of alkyl halides is 3. The van der Waals surface area contributed by atoms with Crippen molar-refractivity contribution in [2.75, 3.05) is 22.9 Å². The van der Waals surface area contributed by atoms with Crippen LogP contribution in [0.15, 0.2) is 36.4 Å². The Labute approximate surface area is 164 Å². The minimum absolute atomic E-state index is 0.0873. The predicted molar refractivity (Wildman–Crippen MR) is 100.0 cm³/mol. The minimum atomic E-state index is -4.48. The molecule has 142 valence electrons. The summed E-state index contributed by atoms with van der Waals surface area (Å²) < 4.78 is 39.7. The summed E-state index contributed by atoms with van der Waals surface area (Å²) in [5.41, 5.74) is 0.351. The van der Waals surface area contributed by atoms with E-state index in [0.717, 1.165) is 31.5 Å². The van der Waals surface area contributed by atoms with E-state index in [1.165, 1.54) is 23.1 Å². The fraction of sp³-hybridized carbons (Fsp3) is 0.316. The molecule has 0 aliphatic carbocycles. The van der Waals surface area contributed by atoms with Crippen molar-refractivity contribution in [3.8, 4) is 0 Å². The second kappa shape index (κ2) is 6.60. The van der Waals surface area contributed by atoms with Gasteiger partial charge in [-0.15, -0.1) is 0 Å². The molecule has 2 aromatic rings. The highest BCUT2D eigenvalue weighted by molar-refractivity contribution is 6.37. The molecule has 0 spiro atoms. The van der Waals surface area contributed by atoms with Gasteiger partial charge in [0.05, 0.1) is 27.5 Å². The van der Waals surface area contributed by atoms with Crippen LogP contribution in [0.2, 0.25) is 10.0 Å². The zero-order chi connectivity index (χ0) is 19.3. The molecule has 2 aliphatic heterocycles. The molecular weight excluding hydrogens is 400 g/mol. The second-order valence-electron chi connectivity index (χ2n) is 6.73. The number of anilines is 2. The van der Waals surface area contributed by atoms with Crippen LogP contribution < -0.4 is 9.80 Å². The zero-order valence-corrected chi connectivity index (χ0v) is 15.6. The standard InChI is InChI=1S/C19H15Cl2F3N2O/c20-12-4-5-14(15(21)9-12)18(27)26-10-13-2-1-7-25(13)16-6-3-11(8-17(16)26)19(22,23)24/h3-6,8-9,13H,1-2,7,10H2/t13-/m1/s1. The molecule has 1 fully saturated rings. The van der Waals surface area contributed by atoms with Crippen molar-refractivity contribution in [2.45, 2.75) is 25.1 Å². The van der Waals surface area contributed by atoms with E-state index < -0.39 is 17.6 Å². The number of hydrogen-bond donors (Lipinski definition) is 0. The third-order valence-corrected chi connectivity index (χ3v) is 5.63. The van der Waals surface area contributed by atoms with E-state index in [4.69, 9.17) is 23.2 Å². The van der Waals surface area contributed by atoms with E-state index in [9.17, 15) is 18.0 Å². The van der Waals surface area contributed by atoms with Crippen molar-refractivity contribution in [3.05, 3.63) is 57.6 Å². The van der Waals surface area contributed by atoms with E-state index in [2.05, 4.69) is 4.90 Å². The third kappa shape index (κ3) is 3.25. The molecule has 8 heteroatoms. The van der Waals surface area contributed by atoms with Crippen LogP contribution in [0.1, 0.15) is 28.8 Å². The van der Waals surface area contributed by atoms with Crippen LogP contribution in [0, 0.1) is 0 Å². The van der Waals surface area contributed by atoms with Crippen LogP contribution in [0.25, 0.3) is 0 Å². The van der Waals surface area contributed by atoms with Gasteiger partial charge in [-0.3, -0.25) is 4.79 Å². The van der Waals surface area contributed by atoms with Crippen molar-refractivity contribution in [3.63, 3.8) is 0 Å². The maximum atomic E-state index is 13.2. The van der Waals surface area contributed by atoms with Crippen molar-refractivity contribution in [2.24, 2.45) is 0 Å². The van der Waals surface area contributed by atoms with Crippen LogP contribution in [0.5, 0.6) is 0 Å². The summed E-state index contributed by atoms with van der Waals surface area (Å²) in [5.74, 6) is -0.427. The van der Waals surface area contributed by atoms with Gasteiger partial charge in [0, 0.05) is 24.2 Å². The van der Waals surface area contributed by atoms with Gasteiger partial charge in [0.2, 0.25) is 0 Å². The first-order valence-electron chi connectivity index (χ1n) is 8.50. The monoisotopic (exact) mass is 414 g/mol. The van der Waals surface area contributed by atoms with Gasteiger partial charge in [0.1, 0.15) is 0 Å². The van der Waals surface area contributed by atoms with Crippen LogP contribution >= 0.6 is 23.2 Å². The van der Waals surface area contributed by atoms with Crippen molar-refractivity contribution in [1.82, 2.24) is 0 Å². The van der Waals surface area contributed by atoms with Gasteiger partial charge in [0.15, 0.2) is 0 Å². The SMILES string of the molecule is O=C(c1ccc(Cl)cc1Cl)N1C[C@H]2CCCN2c2ccc(C(F)(F)F)cc21. The molecule has 1 amide bonds. The molecule has 2 heterocycles. The maximum absolute atomic E-state index is 13.2. The normalized spacial score (nSPS) is 19.1. The number of hydrogen-bond acceptors (Lipinski definition) is 2. The molecular formula is C19H15Cl2F3N2O. The summed E-state index contributed by atoms with van der Waals surface area (Å²) in [4.78, 5) is 16.6. The van der Waals surface area contributed by atoms with Gasteiger partial charge in [0.25, 0.3) is 5.91 Å². The van der Waals surface area contributed by atoms with E-state index >= 15 is 0 Å². The molecule has 3 nitrogen and oxygen atoms in total. The van der Waals surface area contributed by atoms with E-state index in [-0.39, 0.29) is 22.3 Å². The lowest BCUT2D eigenvalue weighted by Crippen LogP contribution is -2.48. The number of carbonyl (C=O) groups excluding carboxylic acids is 1. The fourth-order valence-corrected chi connectivity index (χ4v) is 4.30. The average molecular weight is 415 g/mol. The van der Waals surface area contributed by atoms with Crippen LogP contribution in [0.4, 0.5) is 24.5 Å². The van der Waals surface area contributed by atoms with Crippen molar-refractivity contribution >= 4 is 40.5 Å². The van der Waals surface area contributed by atoms with Crippen molar-refractivity contribution < 1.29 is 18.0 Å². The first kappa shape index (κ1) is 18.4. The molecule has 0 saturated carbocycles. The highest BCUT2D eigenvalue weighted by atomic mass is 35.5. The minimum Gasteiger partial charge on any atom is -0.365 e. The molecule has 2 aromatic carbocycles. The van der Waals surface area contributed by atoms with Crippen LogP contribution in [-0.2, 0) is 6.18 Å². The van der Waals surface area contributed by atoms with Gasteiger partial charge >= 0.3 is 6.18 Å². The largest absolute Gasteiger partial charge is 0.416 e. The Morgan fingerprint density at radius 2 is 1.85 bits per heavy atom. The Morgan fingerprint density at radius 1 is 1.07 bits per heavy atom. The second-order valence-corrected chi connectivity index (χ2v) is 7.57. The summed E-state index contributed by atoms with van der Waals surface area (Å²) in [6, 6.07) is 8.16. The third-order valence-electron chi connectivity index (χ3n) is 5.08. The summed E-state index contributed by atoms with van der Waals surface area (Å²) >= 11 is 12.1. The fourth-order valence-electron chi connectivity index (χ4n) is 3.81. The lowest BCUT2D eigenvalue weighted by atomic mass is 10.0. The molecule has 0 aromatic heterocycles. The van der Waals surface area contributed by atoms with Gasteiger partial charge in [-0.1, -0.05) is 23.2 Å². The Kier molecular flexibility index (Phi) is 4.51. The number of rotatable bonds is 1. The number of halogens is 5. The first-order valence-corrected chi connectivity index (χ1v) is 9.26. The van der Waals surface area contributed by atoms with Gasteiger partial charge < -0.3 is 9.80 Å².